The van der Waals surface area contributed by atoms with Gasteiger partial charge >= 0.3 is 0 Å². The second-order valence-electron chi connectivity index (χ2n) is 5.59. The Kier molecular flexibility index (Phi) is 5.27. The summed E-state index contributed by atoms with van der Waals surface area (Å²) in [5, 5.41) is 13.8. The number of furan rings is 1. The SMILES string of the molecule is Cc1ccc(C(C)(O)CNC(=O)CCc2ccc(Cl)cc2)o1. The third kappa shape index (κ3) is 4.61. The summed E-state index contributed by atoms with van der Waals surface area (Å²) < 4.78 is 5.41. The van der Waals surface area contributed by atoms with Crippen LogP contribution in [0.5, 0.6) is 0 Å². The van der Waals surface area contributed by atoms with Gasteiger partial charge < -0.3 is 14.8 Å². The fourth-order valence-corrected chi connectivity index (χ4v) is 2.21. The zero-order valence-corrected chi connectivity index (χ0v) is 13.5. The number of rotatable bonds is 6. The number of carbonyl (C=O) groups is 1. The van der Waals surface area contributed by atoms with Crippen molar-refractivity contribution in [2.75, 3.05) is 6.54 Å². The van der Waals surface area contributed by atoms with E-state index in [-0.39, 0.29) is 12.5 Å². The summed E-state index contributed by atoms with van der Waals surface area (Å²) in [6, 6.07) is 10.9. The van der Waals surface area contributed by atoms with Crippen molar-refractivity contribution in [1.29, 1.82) is 0 Å². The molecule has 0 saturated carbocycles. The second-order valence-corrected chi connectivity index (χ2v) is 6.02. The van der Waals surface area contributed by atoms with Crippen LogP contribution < -0.4 is 5.32 Å². The Hall–Kier alpha value is -1.78. The molecule has 0 radical (unpaired) electrons. The first-order chi connectivity index (χ1) is 10.4. The number of nitrogens with one attached hydrogen (secondary N) is 1. The van der Waals surface area contributed by atoms with E-state index in [9.17, 15) is 9.90 Å². The maximum absolute atomic E-state index is 11.9. The van der Waals surface area contributed by atoms with Crippen molar-refractivity contribution in [3.05, 3.63) is 58.5 Å². The van der Waals surface area contributed by atoms with E-state index in [1.807, 2.05) is 19.1 Å². The molecule has 0 fully saturated rings. The Labute approximate surface area is 135 Å². The van der Waals surface area contributed by atoms with Crippen molar-refractivity contribution in [1.82, 2.24) is 5.32 Å². The van der Waals surface area contributed by atoms with Crippen molar-refractivity contribution >= 4 is 17.5 Å². The number of benzene rings is 1. The molecule has 5 heteroatoms. The summed E-state index contributed by atoms with van der Waals surface area (Å²) in [6.45, 7) is 3.54. The lowest BCUT2D eigenvalue weighted by atomic mass is 10.0. The monoisotopic (exact) mass is 321 g/mol. The molecule has 1 amide bonds. The average molecular weight is 322 g/mol. The summed E-state index contributed by atoms with van der Waals surface area (Å²) in [4.78, 5) is 11.9. The molecular weight excluding hydrogens is 302 g/mol. The first kappa shape index (κ1) is 16.6. The van der Waals surface area contributed by atoms with Crippen LogP contribution in [0.15, 0.2) is 40.8 Å². The van der Waals surface area contributed by atoms with Crippen molar-refractivity contribution in [3.63, 3.8) is 0 Å². The molecule has 1 heterocycles. The Morgan fingerprint density at radius 2 is 1.95 bits per heavy atom. The van der Waals surface area contributed by atoms with Crippen LogP contribution in [-0.2, 0) is 16.8 Å². The molecule has 2 rings (SSSR count). The van der Waals surface area contributed by atoms with Gasteiger partial charge in [-0.1, -0.05) is 23.7 Å². The van der Waals surface area contributed by atoms with Crippen molar-refractivity contribution in [2.24, 2.45) is 0 Å². The van der Waals surface area contributed by atoms with Gasteiger partial charge in [0.15, 0.2) is 0 Å². The molecular formula is C17H20ClNO3. The van der Waals surface area contributed by atoms with Gasteiger partial charge in [-0.3, -0.25) is 4.79 Å². The highest BCUT2D eigenvalue weighted by Crippen LogP contribution is 2.22. The van der Waals surface area contributed by atoms with Gasteiger partial charge in [0.25, 0.3) is 0 Å². The van der Waals surface area contributed by atoms with Crippen molar-refractivity contribution < 1.29 is 14.3 Å². The number of hydrogen-bond acceptors (Lipinski definition) is 3. The van der Waals surface area contributed by atoms with Crippen LogP contribution in [-0.4, -0.2) is 17.6 Å². The van der Waals surface area contributed by atoms with Gasteiger partial charge in [-0.05, 0) is 50.1 Å². The molecule has 0 spiro atoms. The van der Waals surface area contributed by atoms with Crippen LogP contribution in [0, 0.1) is 6.92 Å². The molecule has 0 aliphatic carbocycles. The highest BCUT2D eigenvalue weighted by molar-refractivity contribution is 6.30. The van der Waals surface area contributed by atoms with E-state index in [0.29, 0.717) is 23.6 Å². The summed E-state index contributed by atoms with van der Waals surface area (Å²) in [6.07, 6.45) is 0.986. The number of aliphatic hydroxyl groups is 1. The minimum atomic E-state index is -1.22. The van der Waals surface area contributed by atoms with Gasteiger partial charge in [0.1, 0.15) is 17.1 Å². The maximum atomic E-state index is 11.9. The molecule has 0 bridgehead atoms. The van der Waals surface area contributed by atoms with Gasteiger partial charge in [0.05, 0.1) is 6.54 Å². The molecule has 0 aliphatic heterocycles. The fraction of sp³-hybridized carbons (Fsp3) is 0.353. The number of halogens is 1. The standard InChI is InChI=1S/C17H20ClNO3/c1-12-3-9-15(22-12)17(2,21)11-19-16(20)10-6-13-4-7-14(18)8-5-13/h3-5,7-9,21H,6,10-11H2,1-2H3,(H,19,20). The van der Waals surface area contributed by atoms with Crippen molar-refractivity contribution in [2.45, 2.75) is 32.3 Å². The summed E-state index contributed by atoms with van der Waals surface area (Å²) in [7, 11) is 0. The van der Waals surface area contributed by atoms with Gasteiger partial charge in [-0.25, -0.2) is 0 Å². The molecule has 1 aromatic carbocycles. The van der Waals surface area contributed by atoms with Gasteiger partial charge in [-0.2, -0.15) is 0 Å². The molecule has 22 heavy (non-hydrogen) atoms. The second kappa shape index (κ2) is 6.99. The largest absolute Gasteiger partial charge is 0.463 e. The lowest BCUT2D eigenvalue weighted by molar-refractivity contribution is -0.122. The van der Waals surface area contributed by atoms with Crippen LogP contribution in [0.2, 0.25) is 5.02 Å². The molecule has 2 N–H and O–H groups in total. The quantitative estimate of drug-likeness (QED) is 0.859. The van der Waals surface area contributed by atoms with E-state index in [1.54, 1.807) is 31.2 Å². The zero-order valence-electron chi connectivity index (χ0n) is 12.7. The number of hydrogen-bond donors (Lipinski definition) is 2. The van der Waals surface area contributed by atoms with E-state index < -0.39 is 5.60 Å². The molecule has 4 nitrogen and oxygen atoms in total. The Bertz CT molecular complexity index is 632. The summed E-state index contributed by atoms with van der Waals surface area (Å²) in [5.41, 5.74) is -0.169. The lowest BCUT2D eigenvalue weighted by Crippen LogP contribution is -2.38. The number of aryl methyl sites for hydroxylation is 2. The van der Waals surface area contributed by atoms with Crippen LogP contribution in [0.1, 0.15) is 30.4 Å². The predicted octanol–water partition coefficient (Wildman–Crippen LogP) is 3.20. The molecule has 0 aliphatic rings. The molecule has 118 valence electrons. The Morgan fingerprint density at radius 1 is 1.27 bits per heavy atom. The number of carbonyl (C=O) groups excluding carboxylic acids is 1. The topological polar surface area (TPSA) is 62.5 Å². The maximum Gasteiger partial charge on any atom is 0.220 e. The minimum absolute atomic E-state index is 0.111. The van der Waals surface area contributed by atoms with Crippen LogP contribution in [0.4, 0.5) is 0 Å². The predicted molar refractivity (Wildman–Crippen MR) is 85.8 cm³/mol. The Morgan fingerprint density at radius 3 is 2.55 bits per heavy atom. The highest BCUT2D eigenvalue weighted by atomic mass is 35.5. The molecule has 0 saturated heterocycles. The van der Waals surface area contributed by atoms with E-state index in [1.165, 1.54) is 0 Å². The summed E-state index contributed by atoms with van der Waals surface area (Å²) >= 11 is 5.82. The molecule has 1 unspecified atom stereocenters. The zero-order chi connectivity index (χ0) is 16.2. The van der Waals surface area contributed by atoms with Gasteiger partial charge in [0, 0.05) is 11.4 Å². The normalized spacial score (nSPS) is 13.6. The first-order valence-corrected chi connectivity index (χ1v) is 7.55. The minimum Gasteiger partial charge on any atom is -0.463 e. The molecule has 1 aromatic heterocycles. The summed E-state index contributed by atoms with van der Waals surface area (Å²) in [5.74, 6) is 1.06. The number of amides is 1. The van der Waals surface area contributed by atoms with E-state index in [2.05, 4.69) is 5.32 Å². The highest BCUT2D eigenvalue weighted by Gasteiger charge is 2.27. The third-order valence-electron chi connectivity index (χ3n) is 3.45. The molecule has 1 atom stereocenters. The van der Waals surface area contributed by atoms with Gasteiger partial charge in [0.2, 0.25) is 5.91 Å². The van der Waals surface area contributed by atoms with E-state index in [0.717, 1.165) is 11.3 Å². The van der Waals surface area contributed by atoms with E-state index in [4.69, 9.17) is 16.0 Å². The van der Waals surface area contributed by atoms with Crippen LogP contribution in [0.3, 0.4) is 0 Å². The van der Waals surface area contributed by atoms with Crippen LogP contribution in [0.25, 0.3) is 0 Å². The first-order valence-electron chi connectivity index (χ1n) is 7.17. The Balaban J connectivity index is 1.81. The van der Waals surface area contributed by atoms with Gasteiger partial charge in [-0.15, -0.1) is 0 Å². The van der Waals surface area contributed by atoms with Crippen molar-refractivity contribution in [3.8, 4) is 0 Å². The van der Waals surface area contributed by atoms with Crippen LogP contribution >= 0.6 is 11.6 Å². The van der Waals surface area contributed by atoms with E-state index >= 15 is 0 Å². The molecule has 2 aromatic rings. The average Bonchev–Trinajstić information content (AvgIpc) is 2.92. The lowest BCUT2D eigenvalue weighted by Gasteiger charge is -2.21. The fourth-order valence-electron chi connectivity index (χ4n) is 2.08. The third-order valence-corrected chi connectivity index (χ3v) is 3.71. The smallest absolute Gasteiger partial charge is 0.220 e.